The van der Waals surface area contributed by atoms with Crippen LogP contribution in [0.1, 0.15) is 104 Å². The number of hydrogen-bond donors (Lipinski definition) is 0. The van der Waals surface area contributed by atoms with Gasteiger partial charge in [0.1, 0.15) is 11.5 Å². The van der Waals surface area contributed by atoms with Gasteiger partial charge in [0, 0.05) is 21.5 Å². The van der Waals surface area contributed by atoms with Crippen LogP contribution in [0.3, 0.4) is 0 Å². The van der Waals surface area contributed by atoms with E-state index in [2.05, 4.69) is 59.7 Å². The van der Waals surface area contributed by atoms with Crippen LogP contribution in [-0.4, -0.2) is 38.4 Å². The van der Waals surface area contributed by atoms with E-state index in [1.54, 1.807) is 0 Å². The molecule has 3 rings (SSSR count). The van der Waals surface area contributed by atoms with Crippen LogP contribution >= 0.6 is 0 Å². The minimum Gasteiger partial charge on any atom is -0.481 e. The van der Waals surface area contributed by atoms with Gasteiger partial charge in [0.05, 0.1) is 13.2 Å². The second-order valence-corrected chi connectivity index (χ2v) is 11.9. The van der Waals surface area contributed by atoms with Crippen molar-refractivity contribution in [3.8, 4) is 11.5 Å². The Morgan fingerprint density at radius 3 is 1.77 bits per heavy atom. The quantitative estimate of drug-likeness (QED) is 0.0943. The average molecular weight is 607 g/mol. The lowest BCUT2D eigenvalue weighted by atomic mass is 9.94. The highest BCUT2D eigenvalue weighted by Crippen LogP contribution is 2.45. The molecule has 0 spiro atoms. The Kier molecular flexibility index (Phi) is 14.8. The summed E-state index contributed by atoms with van der Waals surface area (Å²) in [7, 11) is 0. The zero-order valence-electron chi connectivity index (χ0n) is 28.0. The Morgan fingerprint density at radius 1 is 0.659 bits per heavy atom. The highest BCUT2D eigenvalue weighted by molar-refractivity contribution is 6.12. The van der Waals surface area contributed by atoms with Crippen LogP contribution in [0.4, 0.5) is 0 Å². The third-order valence-electron chi connectivity index (χ3n) is 8.70. The number of hydrogen-bond acceptors (Lipinski definition) is 6. The molecule has 0 amide bonds. The average Bonchev–Trinajstić information content (AvgIpc) is 3.05. The molecule has 0 heterocycles. The number of esters is 2. The summed E-state index contributed by atoms with van der Waals surface area (Å²) in [4.78, 5) is 25.7. The molecule has 0 saturated heterocycles. The molecule has 3 aromatic rings. The first-order valence-electron chi connectivity index (χ1n) is 17.0. The highest BCUT2D eigenvalue weighted by atomic mass is 16.6. The number of unbranched alkanes of at least 4 members (excludes halogenated alkanes) is 2. The van der Waals surface area contributed by atoms with Crippen LogP contribution in [0.2, 0.25) is 0 Å². The molecule has 0 aliphatic heterocycles. The van der Waals surface area contributed by atoms with Gasteiger partial charge in [0.15, 0.2) is 13.2 Å². The molecule has 2 unspecified atom stereocenters. The van der Waals surface area contributed by atoms with Gasteiger partial charge in [-0.1, -0.05) is 110 Å². The van der Waals surface area contributed by atoms with Crippen molar-refractivity contribution in [1.29, 1.82) is 0 Å². The summed E-state index contributed by atoms with van der Waals surface area (Å²) < 4.78 is 23.9. The van der Waals surface area contributed by atoms with Crippen LogP contribution in [0, 0.1) is 11.8 Å². The maximum Gasteiger partial charge on any atom is 0.344 e. The van der Waals surface area contributed by atoms with E-state index in [9.17, 15) is 9.59 Å². The molecule has 6 nitrogen and oxygen atoms in total. The number of aryl methyl sites for hydroxylation is 2. The van der Waals surface area contributed by atoms with Gasteiger partial charge in [0.25, 0.3) is 0 Å². The fraction of sp³-hybridized carbons (Fsp3) is 0.579. The number of carbonyl (C=O) groups excluding carboxylic acids is 2. The first-order chi connectivity index (χ1) is 21.4. The van der Waals surface area contributed by atoms with E-state index in [0.717, 1.165) is 96.9 Å². The van der Waals surface area contributed by atoms with Gasteiger partial charge in [-0.05, 0) is 54.7 Å². The monoisotopic (exact) mass is 606 g/mol. The van der Waals surface area contributed by atoms with Crippen molar-refractivity contribution in [2.75, 3.05) is 26.4 Å². The molecule has 0 radical (unpaired) electrons. The third kappa shape index (κ3) is 9.61. The predicted octanol–water partition coefficient (Wildman–Crippen LogP) is 9.39. The first kappa shape index (κ1) is 35.2. The number of carbonyl (C=O) groups is 2. The molecule has 0 saturated carbocycles. The molecular formula is C38H54O6. The van der Waals surface area contributed by atoms with Gasteiger partial charge in [-0.3, -0.25) is 0 Å². The summed E-state index contributed by atoms with van der Waals surface area (Å²) in [5.74, 6) is 1.27. The third-order valence-corrected chi connectivity index (χ3v) is 8.70. The standard InChI is InChI=1S/C38H54O6/c1-7-13-16-28(10-4)23-41-34(39)25-43-37-32-19-15-18-30(12-6)36(32)38(31-21-20-27(9-3)22-33(31)37)44-26-35(40)42-24-29(11-5)17-14-8-2/h15,18-22,28-29H,7-14,16-17,23-26H2,1-6H3. The number of fused-ring (bicyclic) bond motifs is 2. The summed E-state index contributed by atoms with van der Waals surface area (Å²) in [6.45, 7) is 13.3. The summed E-state index contributed by atoms with van der Waals surface area (Å²) in [5, 5.41) is 3.43. The zero-order chi connectivity index (χ0) is 31.9. The molecule has 0 fully saturated rings. The van der Waals surface area contributed by atoms with E-state index < -0.39 is 0 Å². The van der Waals surface area contributed by atoms with Gasteiger partial charge >= 0.3 is 11.9 Å². The molecule has 0 aliphatic rings. The SMILES string of the molecule is CCCCC(CC)COC(=O)COc1c2cc(CC)ccc2c(OCC(=O)OCC(CC)CCCC)c2c(CC)cccc12. The van der Waals surface area contributed by atoms with E-state index in [-0.39, 0.29) is 25.2 Å². The molecule has 0 N–H and O–H groups in total. The molecule has 2 atom stereocenters. The Labute approximate surface area is 264 Å². The second-order valence-electron chi connectivity index (χ2n) is 11.9. The van der Waals surface area contributed by atoms with Crippen LogP contribution in [-0.2, 0) is 31.9 Å². The van der Waals surface area contributed by atoms with Gasteiger partial charge in [0.2, 0.25) is 0 Å². The van der Waals surface area contributed by atoms with Crippen molar-refractivity contribution >= 4 is 33.5 Å². The van der Waals surface area contributed by atoms with Crippen molar-refractivity contribution in [2.45, 2.75) is 106 Å². The second kappa shape index (κ2) is 18.5. The minimum atomic E-state index is -0.369. The van der Waals surface area contributed by atoms with Crippen molar-refractivity contribution in [1.82, 2.24) is 0 Å². The largest absolute Gasteiger partial charge is 0.481 e. The molecule has 3 aromatic carbocycles. The van der Waals surface area contributed by atoms with E-state index in [1.165, 1.54) is 0 Å². The number of rotatable bonds is 20. The van der Waals surface area contributed by atoms with Crippen molar-refractivity contribution in [3.63, 3.8) is 0 Å². The van der Waals surface area contributed by atoms with Gasteiger partial charge < -0.3 is 18.9 Å². The Balaban J connectivity index is 1.91. The molecule has 6 heteroatoms. The molecule has 0 aliphatic carbocycles. The van der Waals surface area contributed by atoms with Gasteiger partial charge in [-0.25, -0.2) is 9.59 Å². The fourth-order valence-electron chi connectivity index (χ4n) is 5.70. The first-order valence-corrected chi connectivity index (χ1v) is 17.0. The summed E-state index contributed by atoms with van der Waals surface area (Å²) in [6, 6.07) is 12.3. The lowest BCUT2D eigenvalue weighted by molar-refractivity contribution is -0.148. The van der Waals surface area contributed by atoms with E-state index in [1.807, 2.05) is 18.2 Å². The van der Waals surface area contributed by atoms with Crippen molar-refractivity contribution < 1.29 is 28.5 Å². The predicted molar refractivity (Wildman–Crippen MR) is 180 cm³/mol. The van der Waals surface area contributed by atoms with E-state index in [4.69, 9.17) is 18.9 Å². The number of benzene rings is 3. The lowest BCUT2D eigenvalue weighted by Gasteiger charge is -2.20. The lowest BCUT2D eigenvalue weighted by Crippen LogP contribution is -2.20. The van der Waals surface area contributed by atoms with E-state index >= 15 is 0 Å². The zero-order valence-corrected chi connectivity index (χ0v) is 28.0. The van der Waals surface area contributed by atoms with Crippen molar-refractivity contribution in [3.05, 3.63) is 47.5 Å². The van der Waals surface area contributed by atoms with Gasteiger partial charge in [-0.15, -0.1) is 0 Å². The Hall–Kier alpha value is -3.28. The Morgan fingerprint density at radius 2 is 1.25 bits per heavy atom. The molecule has 242 valence electrons. The van der Waals surface area contributed by atoms with E-state index in [0.29, 0.717) is 36.5 Å². The number of ether oxygens (including phenoxy) is 4. The summed E-state index contributed by atoms with van der Waals surface area (Å²) in [6.07, 6.45) is 10.2. The molecule has 0 aromatic heterocycles. The maximum atomic E-state index is 12.8. The van der Waals surface area contributed by atoms with Crippen LogP contribution in [0.25, 0.3) is 21.5 Å². The minimum absolute atomic E-state index is 0.175. The summed E-state index contributed by atoms with van der Waals surface area (Å²) >= 11 is 0. The Bertz CT molecular complexity index is 1340. The molecular weight excluding hydrogens is 552 g/mol. The highest BCUT2D eigenvalue weighted by Gasteiger charge is 2.21. The smallest absolute Gasteiger partial charge is 0.344 e. The molecule has 44 heavy (non-hydrogen) atoms. The van der Waals surface area contributed by atoms with Gasteiger partial charge in [-0.2, -0.15) is 0 Å². The summed E-state index contributed by atoms with van der Waals surface area (Å²) in [5.41, 5.74) is 2.22. The fourth-order valence-corrected chi connectivity index (χ4v) is 5.70. The van der Waals surface area contributed by atoms with Crippen LogP contribution in [0.5, 0.6) is 11.5 Å². The van der Waals surface area contributed by atoms with Crippen molar-refractivity contribution in [2.24, 2.45) is 11.8 Å². The van der Waals surface area contributed by atoms with Crippen LogP contribution in [0.15, 0.2) is 36.4 Å². The maximum absolute atomic E-state index is 12.8. The van der Waals surface area contributed by atoms with Crippen LogP contribution < -0.4 is 9.47 Å². The normalized spacial score (nSPS) is 12.7. The molecule has 0 bridgehead atoms. The topological polar surface area (TPSA) is 71.1 Å².